The van der Waals surface area contributed by atoms with Crippen LogP contribution in [0.4, 0.5) is 14.5 Å². The molecular formula is C11H11F2NO4. The summed E-state index contributed by atoms with van der Waals surface area (Å²) in [5.41, 5.74) is -1.43. The molecule has 0 aliphatic carbocycles. The third-order valence-corrected chi connectivity index (χ3v) is 2.21. The maximum absolute atomic E-state index is 12.6. The standard InChI is InChI=1S/C11H11F2NO4/c1-3-18-9-5-7(11(12)13)4-8(6(2)15)10(9)14(16)17/h4-5,11H,3H2,1-2H3. The Kier molecular flexibility index (Phi) is 4.30. The Morgan fingerprint density at radius 3 is 2.50 bits per heavy atom. The Morgan fingerprint density at radius 2 is 2.11 bits per heavy atom. The van der Waals surface area contributed by atoms with Crippen molar-refractivity contribution in [1.29, 1.82) is 0 Å². The van der Waals surface area contributed by atoms with Gasteiger partial charge in [0.1, 0.15) is 0 Å². The highest BCUT2D eigenvalue weighted by atomic mass is 19.3. The predicted molar refractivity (Wildman–Crippen MR) is 59.2 cm³/mol. The van der Waals surface area contributed by atoms with Crippen LogP contribution in [0.15, 0.2) is 12.1 Å². The average molecular weight is 259 g/mol. The van der Waals surface area contributed by atoms with Crippen LogP contribution >= 0.6 is 0 Å². The van der Waals surface area contributed by atoms with Crippen LogP contribution in [0.5, 0.6) is 5.75 Å². The maximum Gasteiger partial charge on any atom is 0.321 e. The summed E-state index contributed by atoms with van der Waals surface area (Å²) in [6.45, 7) is 2.71. The van der Waals surface area contributed by atoms with Gasteiger partial charge in [-0.1, -0.05) is 0 Å². The van der Waals surface area contributed by atoms with Gasteiger partial charge in [-0.05, 0) is 26.0 Å². The van der Waals surface area contributed by atoms with Crippen LogP contribution in [0.3, 0.4) is 0 Å². The lowest BCUT2D eigenvalue weighted by molar-refractivity contribution is -0.386. The molecule has 98 valence electrons. The molecule has 0 bridgehead atoms. The van der Waals surface area contributed by atoms with Gasteiger partial charge in [0.2, 0.25) is 0 Å². The highest BCUT2D eigenvalue weighted by Crippen LogP contribution is 2.36. The van der Waals surface area contributed by atoms with Crippen molar-refractivity contribution in [2.45, 2.75) is 20.3 Å². The number of ketones is 1. The molecule has 0 aliphatic rings. The van der Waals surface area contributed by atoms with E-state index < -0.39 is 28.4 Å². The third kappa shape index (κ3) is 2.79. The smallest absolute Gasteiger partial charge is 0.321 e. The van der Waals surface area contributed by atoms with Gasteiger partial charge in [0, 0.05) is 5.56 Å². The summed E-state index contributed by atoms with van der Waals surface area (Å²) in [6.07, 6.45) is -2.83. The molecule has 1 aromatic carbocycles. The molecule has 5 nitrogen and oxygen atoms in total. The number of rotatable bonds is 5. The zero-order valence-corrected chi connectivity index (χ0v) is 9.78. The van der Waals surface area contributed by atoms with Gasteiger partial charge in [-0.15, -0.1) is 0 Å². The number of carbonyl (C=O) groups excluding carboxylic acids is 1. The Balaban J connectivity index is 3.54. The number of nitro groups is 1. The molecule has 0 radical (unpaired) electrons. The van der Waals surface area contributed by atoms with Crippen molar-refractivity contribution in [2.24, 2.45) is 0 Å². The predicted octanol–water partition coefficient (Wildman–Crippen LogP) is 3.13. The SMILES string of the molecule is CCOc1cc(C(F)F)cc(C(C)=O)c1[N+](=O)[O-]. The van der Waals surface area contributed by atoms with Gasteiger partial charge in [0.15, 0.2) is 11.5 Å². The van der Waals surface area contributed by atoms with E-state index >= 15 is 0 Å². The van der Waals surface area contributed by atoms with Crippen molar-refractivity contribution in [2.75, 3.05) is 6.61 Å². The number of nitro benzene ring substituents is 1. The normalized spacial score (nSPS) is 10.5. The summed E-state index contributed by atoms with van der Waals surface area (Å²) >= 11 is 0. The quantitative estimate of drug-likeness (QED) is 0.462. The van der Waals surface area contributed by atoms with Crippen molar-refractivity contribution in [3.63, 3.8) is 0 Å². The Bertz CT molecular complexity index is 488. The fraction of sp³-hybridized carbons (Fsp3) is 0.364. The lowest BCUT2D eigenvalue weighted by Gasteiger charge is -2.09. The van der Waals surface area contributed by atoms with Gasteiger partial charge >= 0.3 is 5.69 Å². The van der Waals surface area contributed by atoms with Crippen molar-refractivity contribution < 1.29 is 23.2 Å². The van der Waals surface area contributed by atoms with E-state index in [1.807, 2.05) is 0 Å². The van der Waals surface area contributed by atoms with Crippen LogP contribution in [0.2, 0.25) is 0 Å². The van der Waals surface area contributed by atoms with Gasteiger partial charge in [0.05, 0.1) is 17.1 Å². The summed E-state index contributed by atoms with van der Waals surface area (Å²) in [7, 11) is 0. The van der Waals surface area contributed by atoms with Gasteiger partial charge in [-0.25, -0.2) is 8.78 Å². The molecule has 0 N–H and O–H groups in total. The second-order valence-electron chi connectivity index (χ2n) is 3.46. The molecule has 0 amide bonds. The van der Waals surface area contributed by atoms with Crippen LogP contribution in [-0.4, -0.2) is 17.3 Å². The van der Waals surface area contributed by atoms with E-state index in [0.717, 1.165) is 19.1 Å². The summed E-state index contributed by atoms with van der Waals surface area (Å²) < 4.78 is 30.2. The van der Waals surface area contributed by atoms with Gasteiger partial charge in [0.25, 0.3) is 6.43 Å². The van der Waals surface area contributed by atoms with E-state index in [1.54, 1.807) is 6.92 Å². The Morgan fingerprint density at radius 1 is 1.50 bits per heavy atom. The second-order valence-corrected chi connectivity index (χ2v) is 3.46. The average Bonchev–Trinajstić information content (AvgIpc) is 2.27. The molecule has 0 atom stereocenters. The number of benzene rings is 1. The number of carbonyl (C=O) groups is 1. The number of ether oxygens (including phenoxy) is 1. The first-order chi connectivity index (χ1) is 8.38. The van der Waals surface area contributed by atoms with E-state index in [9.17, 15) is 23.7 Å². The van der Waals surface area contributed by atoms with E-state index in [-0.39, 0.29) is 17.9 Å². The molecule has 0 aliphatic heterocycles. The van der Waals surface area contributed by atoms with Crippen molar-refractivity contribution in [1.82, 2.24) is 0 Å². The largest absolute Gasteiger partial charge is 0.487 e. The molecule has 18 heavy (non-hydrogen) atoms. The summed E-state index contributed by atoms with van der Waals surface area (Å²) in [5.74, 6) is -0.976. The monoisotopic (exact) mass is 259 g/mol. The van der Waals surface area contributed by atoms with Crippen LogP contribution in [-0.2, 0) is 0 Å². The molecule has 0 unspecified atom stereocenters. The zero-order chi connectivity index (χ0) is 13.9. The number of halogens is 2. The molecule has 0 saturated carbocycles. The first-order valence-corrected chi connectivity index (χ1v) is 5.12. The Hall–Kier alpha value is -2.05. The number of hydrogen-bond donors (Lipinski definition) is 0. The molecule has 0 fully saturated rings. The summed E-state index contributed by atoms with van der Waals surface area (Å²) in [5, 5.41) is 10.9. The zero-order valence-electron chi connectivity index (χ0n) is 9.78. The molecule has 1 aromatic rings. The van der Waals surface area contributed by atoms with Crippen LogP contribution in [0, 0.1) is 10.1 Å². The molecule has 0 heterocycles. The fourth-order valence-electron chi connectivity index (χ4n) is 1.48. The van der Waals surface area contributed by atoms with Crippen LogP contribution in [0.1, 0.15) is 36.2 Å². The highest BCUT2D eigenvalue weighted by molar-refractivity contribution is 5.99. The van der Waals surface area contributed by atoms with Crippen molar-refractivity contribution in [3.8, 4) is 5.75 Å². The second kappa shape index (κ2) is 5.52. The number of alkyl halides is 2. The minimum absolute atomic E-state index is 0.0743. The number of Topliss-reactive ketones (excluding diaryl/α,β-unsaturated/α-hetero) is 1. The maximum atomic E-state index is 12.6. The molecule has 7 heteroatoms. The van der Waals surface area contributed by atoms with Gasteiger partial charge in [-0.2, -0.15) is 0 Å². The number of hydrogen-bond acceptors (Lipinski definition) is 4. The first-order valence-electron chi connectivity index (χ1n) is 5.12. The van der Waals surface area contributed by atoms with Gasteiger partial charge < -0.3 is 4.74 Å². The molecular weight excluding hydrogens is 248 g/mol. The Labute approximate surface area is 102 Å². The van der Waals surface area contributed by atoms with Crippen LogP contribution in [0.25, 0.3) is 0 Å². The van der Waals surface area contributed by atoms with E-state index in [2.05, 4.69) is 0 Å². The molecule has 1 rings (SSSR count). The minimum atomic E-state index is -2.83. The van der Waals surface area contributed by atoms with E-state index in [0.29, 0.717) is 0 Å². The summed E-state index contributed by atoms with van der Waals surface area (Å²) in [4.78, 5) is 21.4. The van der Waals surface area contributed by atoms with Gasteiger partial charge in [-0.3, -0.25) is 14.9 Å². The van der Waals surface area contributed by atoms with Crippen molar-refractivity contribution in [3.05, 3.63) is 33.4 Å². The topological polar surface area (TPSA) is 69.4 Å². The minimum Gasteiger partial charge on any atom is -0.487 e. The lowest BCUT2D eigenvalue weighted by atomic mass is 10.0. The molecule has 0 spiro atoms. The molecule has 0 saturated heterocycles. The first kappa shape index (κ1) is 14.0. The van der Waals surface area contributed by atoms with E-state index in [1.165, 1.54) is 0 Å². The highest BCUT2D eigenvalue weighted by Gasteiger charge is 2.27. The third-order valence-electron chi connectivity index (χ3n) is 2.21. The number of nitrogens with zero attached hydrogens (tertiary/aromatic N) is 1. The molecule has 0 aromatic heterocycles. The summed E-state index contributed by atoms with van der Waals surface area (Å²) in [6, 6.07) is 1.71. The van der Waals surface area contributed by atoms with Crippen molar-refractivity contribution >= 4 is 11.5 Å². The van der Waals surface area contributed by atoms with E-state index in [4.69, 9.17) is 4.74 Å². The van der Waals surface area contributed by atoms with Crippen LogP contribution < -0.4 is 4.74 Å². The fourth-order valence-corrected chi connectivity index (χ4v) is 1.48. The lowest BCUT2D eigenvalue weighted by Crippen LogP contribution is -2.06.